The molecule has 0 fully saturated rings. The molecule has 1 aliphatic heterocycles. The van der Waals surface area contributed by atoms with Gasteiger partial charge in [-0.3, -0.25) is 0 Å². The molecule has 0 amide bonds. The molecule has 1 aliphatic carbocycles. The Kier molecular flexibility index (Phi) is 11.6. The van der Waals surface area contributed by atoms with Crippen molar-refractivity contribution in [3.05, 3.63) is 64.3 Å². The molecular formula is C32H49N5O2. The second-order valence-electron chi connectivity index (χ2n) is 11.8. The van der Waals surface area contributed by atoms with Gasteiger partial charge in [0.25, 0.3) is 0 Å². The second-order valence-corrected chi connectivity index (χ2v) is 11.8. The minimum atomic E-state index is -0.519. The zero-order chi connectivity index (χ0) is 28.3. The lowest BCUT2D eigenvalue weighted by Gasteiger charge is -2.19. The Bertz CT molecular complexity index is 1180. The first kappa shape index (κ1) is 30.5. The summed E-state index contributed by atoms with van der Waals surface area (Å²) in [5, 5.41) is 24.5. The molecule has 0 N–H and O–H groups in total. The predicted molar refractivity (Wildman–Crippen MR) is 162 cm³/mol. The summed E-state index contributed by atoms with van der Waals surface area (Å²) < 4.78 is 6.24. The smallest absolute Gasteiger partial charge is 0.183 e. The van der Waals surface area contributed by atoms with Crippen molar-refractivity contribution in [2.75, 3.05) is 7.05 Å². The van der Waals surface area contributed by atoms with Gasteiger partial charge >= 0.3 is 0 Å². The number of pyridine rings is 1. The molecule has 1 aromatic rings. The van der Waals surface area contributed by atoms with Crippen LogP contribution in [0, 0.1) is 10.4 Å². The third kappa shape index (κ3) is 9.55. The van der Waals surface area contributed by atoms with Crippen molar-refractivity contribution in [3.63, 3.8) is 0 Å². The van der Waals surface area contributed by atoms with Crippen molar-refractivity contribution in [1.29, 1.82) is 0 Å². The number of fused-ring (bicyclic) bond motifs is 1. The number of hydroxylamine groups is 2. The summed E-state index contributed by atoms with van der Waals surface area (Å²) >= 11 is 0. The summed E-state index contributed by atoms with van der Waals surface area (Å²) in [5.41, 5.74) is 3.15. The molecule has 0 atom stereocenters. The van der Waals surface area contributed by atoms with Crippen LogP contribution in [0.4, 0.5) is 0 Å². The van der Waals surface area contributed by atoms with Crippen molar-refractivity contribution < 1.29 is 9.48 Å². The Hall–Kier alpha value is -3.09. The van der Waals surface area contributed by atoms with Crippen molar-refractivity contribution in [2.45, 2.75) is 117 Å². The second kappa shape index (κ2) is 14.9. The number of hydrogen-bond donors (Lipinski definition) is 0. The maximum Gasteiger partial charge on any atom is 0.183 e. The van der Waals surface area contributed by atoms with Crippen LogP contribution in [0.3, 0.4) is 0 Å². The summed E-state index contributed by atoms with van der Waals surface area (Å²) in [5.74, 6) is 1.17. The fraction of sp³-hybridized carbons (Fsp3) is 0.594. The molecule has 3 rings (SSSR count). The summed E-state index contributed by atoms with van der Waals surface area (Å²) in [7, 11) is 1.49. The van der Waals surface area contributed by atoms with Crippen molar-refractivity contribution in [3.8, 4) is 11.1 Å². The van der Waals surface area contributed by atoms with E-state index < -0.39 is 5.54 Å². The number of unbranched alkanes of at least 4 members (excludes halogenated alkanes) is 8. The highest BCUT2D eigenvalue weighted by molar-refractivity contribution is 5.96. The van der Waals surface area contributed by atoms with E-state index >= 15 is 0 Å². The maximum atomic E-state index is 12.6. The van der Waals surface area contributed by atoms with Crippen LogP contribution < -0.4 is 0 Å². The molecule has 2 aliphatic rings. The summed E-state index contributed by atoms with van der Waals surface area (Å²) in [6.07, 6.45) is 25.3. The normalized spacial score (nSPS) is 13.1. The maximum absolute atomic E-state index is 12.6. The van der Waals surface area contributed by atoms with Crippen molar-refractivity contribution >= 4 is 12.4 Å². The highest BCUT2D eigenvalue weighted by Gasteiger charge is 2.21. The molecule has 0 unspecified atom stereocenters. The molecule has 1 aromatic heterocycles. The van der Waals surface area contributed by atoms with E-state index in [1.54, 1.807) is 12.4 Å². The third-order valence-corrected chi connectivity index (χ3v) is 7.30. The first-order valence-electron chi connectivity index (χ1n) is 14.9. The van der Waals surface area contributed by atoms with Crippen LogP contribution in [0.15, 0.2) is 36.9 Å². The molecule has 214 valence electrons. The van der Waals surface area contributed by atoms with E-state index in [-0.39, 0.29) is 0 Å². The van der Waals surface area contributed by atoms with Crippen LogP contribution in [0.2, 0.25) is 0 Å². The number of imidazole rings is 1. The Morgan fingerprint density at radius 1 is 0.821 bits per heavy atom. The van der Waals surface area contributed by atoms with Crippen LogP contribution >= 0.6 is 0 Å². The molecular weight excluding hydrogens is 486 g/mol. The Morgan fingerprint density at radius 2 is 1.51 bits per heavy atom. The molecule has 2 heterocycles. The van der Waals surface area contributed by atoms with Crippen molar-refractivity contribution in [1.82, 2.24) is 14.1 Å². The van der Waals surface area contributed by atoms with Gasteiger partial charge in [0, 0.05) is 76.2 Å². The highest BCUT2D eigenvalue weighted by Crippen LogP contribution is 2.30. The van der Waals surface area contributed by atoms with Gasteiger partial charge in [-0.05, 0) is 24.5 Å². The van der Waals surface area contributed by atoms with Crippen LogP contribution in [0.25, 0.3) is 11.1 Å². The molecule has 0 aromatic carbocycles. The molecule has 7 nitrogen and oxygen atoms in total. The molecule has 0 radical (unpaired) electrons. The largest absolute Gasteiger partial charge is 0.624 e. The third-order valence-electron chi connectivity index (χ3n) is 7.30. The molecule has 0 spiro atoms. The van der Waals surface area contributed by atoms with E-state index in [1.165, 1.54) is 70.7 Å². The SMILES string of the molecule is CCCCCCCCCCCc1nccn1CCCn1cc(/C=[N+](/C)[O-])c2ccc(/C=[N+](\[O-])C(C)(C)C)c-2c1. The number of aromatic nitrogens is 3. The minimum Gasteiger partial charge on any atom is -0.624 e. The standard InChI is InChI=1S/C32H49N5O2/c1-6-7-8-9-10-11-12-13-14-16-31-33-19-22-36(31)21-15-20-35-24-28(23-34(5)38)29-18-17-27(30(29)26-35)25-37(39)32(2,3)4/h17-19,22-26H,6-16,20-21H2,1-5H3/b34-23-,37-25-. The summed E-state index contributed by atoms with van der Waals surface area (Å²) in [4.78, 5) is 4.62. The van der Waals surface area contributed by atoms with Gasteiger partial charge in [-0.1, -0.05) is 64.4 Å². The van der Waals surface area contributed by atoms with E-state index in [1.807, 2.05) is 45.3 Å². The Balaban J connectivity index is 1.59. The zero-order valence-corrected chi connectivity index (χ0v) is 24.9. The monoisotopic (exact) mass is 535 g/mol. The summed E-state index contributed by atoms with van der Waals surface area (Å²) in [6.45, 7) is 9.66. The molecule has 0 bridgehead atoms. The number of hydrogen-bond acceptors (Lipinski definition) is 3. The van der Waals surface area contributed by atoms with Crippen molar-refractivity contribution in [2.24, 2.45) is 0 Å². The van der Waals surface area contributed by atoms with E-state index in [9.17, 15) is 10.4 Å². The number of nitrogens with zero attached hydrogens (tertiary/aromatic N) is 5. The van der Waals surface area contributed by atoms with Gasteiger partial charge in [0.15, 0.2) is 18.0 Å². The first-order chi connectivity index (χ1) is 18.7. The summed E-state index contributed by atoms with van der Waals surface area (Å²) in [6, 6.07) is 3.94. The van der Waals surface area contributed by atoms with E-state index in [0.29, 0.717) is 0 Å². The van der Waals surface area contributed by atoms with Crippen LogP contribution in [-0.2, 0) is 19.5 Å². The lowest BCUT2D eigenvalue weighted by molar-refractivity contribution is -0.530. The lowest BCUT2D eigenvalue weighted by Crippen LogP contribution is -2.29. The molecule has 39 heavy (non-hydrogen) atoms. The first-order valence-corrected chi connectivity index (χ1v) is 14.9. The molecule has 7 heteroatoms. The van der Waals surface area contributed by atoms with Crippen LogP contribution in [-0.4, -0.2) is 48.6 Å². The van der Waals surface area contributed by atoms with Crippen LogP contribution in [0.1, 0.15) is 109 Å². The van der Waals surface area contributed by atoms with Gasteiger partial charge in [-0.2, -0.15) is 0 Å². The van der Waals surface area contributed by atoms with E-state index in [2.05, 4.69) is 33.4 Å². The number of aryl methyl sites for hydroxylation is 3. The topological polar surface area (TPSA) is 74.9 Å². The van der Waals surface area contributed by atoms with Gasteiger partial charge in [0.05, 0.1) is 5.56 Å². The van der Waals surface area contributed by atoms with Gasteiger partial charge in [0.1, 0.15) is 12.9 Å². The molecule has 0 saturated carbocycles. The fourth-order valence-corrected chi connectivity index (χ4v) is 5.00. The van der Waals surface area contributed by atoms with E-state index in [4.69, 9.17) is 0 Å². The van der Waals surface area contributed by atoms with Gasteiger partial charge < -0.3 is 19.5 Å². The fourth-order valence-electron chi connectivity index (χ4n) is 5.00. The molecule has 0 saturated heterocycles. The highest BCUT2D eigenvalue weighted by atomic mass is 16.5. The van der Waals surface area contributed by atoms with Gasteiger partial charge in [0.2, 0.25) is 0 Å². The number of rotatable bonds is 16. The lowest BCUT2D eigenvalue weighted by atomic mass is 10.0. The van der Waals surface area contributed by atoms with Crippen LogP contribution in [0.5, 0.6) is 0 Å². The zero-order valence-electron chi connectivity index (χ0n) is 24.9. The van der Waals surface area contributed by atoms with Gasteiger partial charge in [-0.15, -0.1) is 0 Å². The average Bonchev–Trinajstić information content (AvgIpc) is 3.49. The Labute approximate surface area is 235 Å². The van der Waals surface area contributed by atoms with Gasteiger partial charge in [-0.25, -0.2) is 14.5 Å². The quantitative estimate of drug-likeness (QED) is 0.0638. The average molecular weight is 536 g/mol. The minimum absolute atomic E-state index is 0.519. The Morgan fingerprint density at radius 3 is 2.18 bits per heavy atom. The van der Waals surface area contributed by atoms with E-state index in [0.717, 1.165) is 57.7 Å². The predicted octanol–water partition coefficient (Wildman–Crippen LogP) is 7.24.